The number of benzene rings is 1. The molecule has 0 atom stereocenters. The van der Waals surface area contributed by atoms with Gasteiger partial charge in [0, 0.05) is 44.0 Å². The van der Waals surface area contributed by atoms with Crippen molar-refractivity contribution in [2.45, 2.75) is 6.61 Å². The van der Waals surface area contributed by atoms with E-state index in [1.807, 2.05) is 48.7 Å². The second-order valence-electron chi connectivity index (χ2n) is 6.28. The molecule has 5 heteroatoms. The summed E-state index contributed by atoms with van der Waals surface area (Å²) in [7, 11) is 0. The summed E-state index contributed by atoms with van der Waals surface area (Å²) in [6.45, 7) is 4.40. The Labute approximate surface area is 153 Å². The maximum atomic E-state index is 5.93. The van der Waals surface area contributed by atoms with Gasteiger partial charge in [-0.25, -0.2) is 0 Å². The predicted molar refractivity (Wildman–Crippen MR) is 103 cm³/mol. The zero-order valence-electron chi connectivity index (χ0n) is 14.6. The normalized spacial score (nSPS) is 14.2. The molecule has 1 saturated heterocycles. The molecule has 0 unspecified atom stereocenters. The van der Waals surface area contributed by atoms with Gasteiger partial charge in [-0.15, -0.1) is 0 Å². The van der Waals surface area contributed by atoms with E-state index in [1.54, 1.807) is 0 Å². The third-order valence-corrected chi connectivity index (χ3v) is 4.43. The van der Waals surface area contributed by atoms with Crippen molar-refractivity contribution < 1.29 is 4.74 Å². The number of nitrogens with zero attached hydrogens (tertiary/aromatic N) is 3. The smallest absolute Gasteiger partial charge is 0.215 e. The second kappa shape index (κ2) is 7.97. The number of piperazine rings is 1. The molecule has 1 aliphatic rings. The molecule has 1 fully saturated rings. The molecule has 132 valence electrons. The highest BCUT2D eigenvalue weighted by molar-refractivity contribution is 5.59. The molecule has 1 aromatic carbocycles. The van der Waals surface area contributed by atoms with E-state index in [9.17, 15) is 0 Å². The highest BCUT2D eigenvalue weighted by Gasteiger charge is 2.12. The van der Waals surface area contributed by atoms with Gasteiger partial charge in [-0.05, 0) is 23.8 Å². The average Bonchev–Trinajstić information content (AvgIpc) is 2.74. The summed E-state index contributed by atoms with van der Waals surface area (Å²) >= 11 is 0. The van der Waals surface area contributed by atoms with Crippen LogP contribution in [0.15, 0.2) is 66.9 Å². The van der Waals surface area contributed by atoms with Gasteiger partial charge >= 0.3 is 0 Å². The Morgan fingerprint density at radius 1 is 0.962 bits per heavy atom. The largest absolute Gasteiger partial charge is 0.473 e. The van der Waals surface area contributed by atoms with Crippen molar-refractivity contribution >= 4 is 5.82 Å². The zero-order valence-corrected chi connectivity index (χ0v) is 14.6. The third-order valence-electron chi connectivity index (χ3n) is 4.43. The highest BCUT2D eigenvalue weighted by Crippen LogP contribution is 2.20. The van der Waals surface area contributed by atoms with Crippen molar-refractivity contribution in [3.63, 3.8) is 0 Å². The fourth-order valence-corrected chi connectivity index (χ4v) is 3.04. The standard InChI is InChI=1S/C21H22N4O/c1-2-5-18(6-3-1)19-15-17(9-10-23-19)16-26-21-8-4-7-20(24-21)25-13-11-22-12-14-25/h1-10,15,22H,11-14,16H2. The van der Waals surface area contributed by atoms with Crippen LogP contribution in [0, 0.1) is 0 Å². The van der Waals surface area contributed by atoms with E-state index < -0.39 is 0 Å². The molecule has 4 rings (SSSR count). The summed E-state index contributed by atoms with van der Waals surface area (Å²) in [5.74, 6) is 1.63. The Hall–Kier alpha value is -2.92. The molecule has 0 saturated carbocycles. The first kappa shape index (κ1) is 16.5. The van der Waals surface area contributed by atoms with Gasteiger partial charge in [-0.1, -0.05) is 36.4 Å². The molecule has 3 aromatic rings. The number of hydrogen-bond donors (Lipinski definition) is 1. The molecule has 0 spiro atoms. The SMILES string of the molecule is c1ccc(-c2cc(COc3cccc(N4CCNCC4)n3)ccn2)cc1. The van der Waals surface area contributed by atoms with Crippen LogP contribution in [-0.4, -0.2) is 36.1 Å². The van der Waals surface area contributed by atoms with Crippen molar-refractivity contribution in [3.8, 4) is 17.1 Å². The summed E-state index contributed by atoms with van der Waals surface area (Å²) in [6.07, 6.45) is 1.83. The minimum atomic E-state index is 0.473. The van der Waals surface area contributed by atoms with Crippen molar-refractivity contribution in [3.05, 3.63) is 72.4 Å². The van der Waals surface area contributed by atoms with Crippen LogP contribution in [0.25, 0.3) is 11.3 Å². The van der Waals surface area contributed by atoms with Crippen LogP contribution in [0.5, 0.6) is 5.88 Å². The monoisotopic (exact) mass is 346 g/mol. The molecule has 1 N–H and O–H groups in total. The number of nitrogens with one attached hydrogen (secondary N) is 1. The minimum absolute atomic E-state index is 0.473. The van der Waals surface area contributed by atoms with E-state index in [0.717, 1.165) is 48.8 Å². The van der Waals surface area contributed by atoms with Gasteiger partial charge in [0.05, 0.1) is 5.69 Å². The van der Waals surface area contributed by atoms with Gasteiger partial charge in [0.15, 0.2) is 0 Å². The number of hydrogen-bond acceptors (Lipinski definition) is 5. The molecule has 1 aliphatic heterocycles. The fourth-order valence-electron chi connectivity index (χ4n) is 3.04. The third kappa shape index (κ3) is 4.00. The second-order valence-corrected chi connectivity index (χ2v) is 6.28. The number of rotatable bonds is 5. The summed E-state index contributed by atoms with van der Waals surface area (Å²) in [6, 6.07) is 20.2. The Morgan fingerprint density at radius 2 is 1.81 bits per heavy atom. The highest BCUT2D eigenvalue weighted by atomic mass is 16.5. The minimum Gasteiger partial charge on any atom is -0.473 e. The van der Waals surface area contributed by atoms with Crippen LogP contribution in [-0.2, 0) is 6.61 Å². The van der Waals surface area contributed by atoms with E-state index in [0.29, 0.717) is 12.5 Å². The Kier molecular flexibility index (Phi) is 5.07. The van der Waals surface area contributed by atoms with Crippen molar-refractivity contribution in [1.82, 2.24) is 15.3 Å². The summed E-state index contributed by atoms with van der Waals surface area (Å²) in [5.41, 5.74) is 3.13. The van der Waals surface area contributed by atoms with E-state index >= 15 is 0 Å². The molecule has 5 nitrogen and oxygen atoms in total. The average molecular weight is 346 g/mol. The first-order valence-electron chi connectivity index (χ1n) is 8.94. The van der Waals surface area contributed by atoms with Crippen molar-refractivity contribution in [1.29, 1.82) is 0 Å². The number of ether oxygens (including phenoxy) is 1. The maximum absolute atomic E-state index is 5.93. The van der Waals surface area contributed by atoms with E-state index in [-0.39, 0.29) is 0 Å². The molecular weight excluding hydrogens is 324 g/mol. The zero-order chi connectivity index (χ0) is 17.6. The maximum Gasteiger partial charge on any atom is 0.215 e. The number of anilines is 1. The number of aromatic nitrogens is 2. The van der Waals surface area contributed by atoms with E-state index in [1.165, 1.54) is 0 Å². The van der Waals surface area contributed by atoms with Crippen LogP contribution >= 0.6 is 0 Å². The van der Waals surface area contributed by atoms with Gasteiger partial charge in [0.1, 0.15) is 12.4 Å². The Morgan fingerprint density at radius 3 is 2.65 bits per heavy atom. The molecular formula is C21H22N4O. The van der Waals surface area contributed by atoms with Crippen LogP contribution < -0.4 is 15.0 Å². The first-order valence-corrected chi connectivity index (χ1v) is 8.94. The molecule has 0 amide bonds. The molecule has 26 heavy (non-hydrogen) atoms. The molecule has 0 radical (unpaired) electrons. The van der Waals surface area contributed by atoms with Gasteiger partial charge in [0.25, 0.3) is 0 Å². The molecule has 0 bridgehead atoms. The first-order chi connectivity index (χ1) is 12.9. The van der Waals surface area contributed by atoms with Crippen LogP contribution in [0.1, 0.15) is 5.56 Å². The predicted octanol–water partition coefficient (Wildman–Crippen LogP) is 3.13. The lowest BCUT2D eigenvalue weighted by Gasteiger charge is -2.28. The molecule has 3 heterocycles. The van der Waals surface area contributed by atoms with E-state index in [2.05, 4.69) is 38.4 Å². The fraction of sp³-hybridized carbons (Fsp3) is 0.238. The lowest BCUT2D eigenvalue weighted by molar-refractivity contribution is 0.294. The molecule has 2 aromatic heterocycles. The quantitative estimate of drug-likeness (QED) is 0.769. The topological polar surface area (TPSA) is 50.3 Å². The molecule has 0 aliphatic carbocycles. The van der Waals surface area contributed by atoms with Crippen LogP contribution in [0.4, 0.5) is 5.82 Å². The summed E-state index contributed by atoms with van der Waals surface area (Å²) < 4.78 is 5.93. The lowest BCUT2D eigenvalue weighted by atomic mass is 10.1. The lowest BCUT2D eigenvalue weighted by Crippen LogP contribution is -2.43. The van der Waals surface area contributed by atoms with Gasteiger partial charge in [-0.3, -0.25) is 4.98 Å². The number of pyridine rings is 2. The summed E-state index contributed by atoms with van der Waals surface area (Å²) in [5, 5.41) is 3.36. The van der Waals surface area contributed by atoms with Crippen molar-refractivity contribution in [2.24, 2.45) is 0 Å². The Balaban J connectivity index is 1.44. The van der Waals surface area contributed by atoms with Gasteiger partial charge in [0.2, 0.25) is 5.88 Å². The van der Waals surface area contributed by atoms with Crippen LogP contribution in [0.2, 0.25) is 0 Å². The van der Waals surface area contributed by atoms with Gasteiger partial charge in [-0.2, -0.15) is 4.98 Å². The Bertz CT molecular complexity index is 847. The van der Waals surface area contributed by atoms with E-state index in [4.69, 9.17) is 4.74 Å². The van der Waals surface area contributed by atoms with Crippen LogP contribution in [0.3, 0.4) is 0 Å². The summed E-state index contributed by atoms with van der Waals surface area (Å²) in [4.78, 5) is 11.4. The van der Waals surface area contributed by atoms with Gasteiger partial charge < -0.3 is 15.0 Å². The van der Waals surface area contributed by atoms with Crippen molar-refractivity contribution in [2.75, 3.05) is 31.1 Å².